The number of allylic oxidation sites excluding steroid dienone is 6. The minimum atomic E-state index is -1.13. The van der Waals surface area contributed by atoms with Gasteiger partial charge >= 0.3 is 11.9 Å². The number of carbonyl (C=O) groups is 3. The third kappa shape index (κ3) is 31.3. The highest BCUT2D eigenvalue weighted by atomic mass is 16.6. The molecule has 8 heteroatoms. The van der Waals surface area contributed by atoms with Gasteiger partial charge in [0, 0.05) is 19.3 Å². The Hall–Kier alpha value is -2.45. The fourth-order valence-electron chi connectivity index (χ4n) is 5.50. The zero-order valence-corrected chi connectivity index (χ0v) is 32.1. The SMILES string of the molecule is CC/C=C/C/C=C/C/C=C/CCCCC(=O)OCC(COCCC(C(=O)[O-])[N+](C)(C)C)OC(=O)CCCCCCCCCCCCCCC. The van der Waals surface area contributed by atoms with Gasteiger partial charge in [-0.1, -0.05) is 127 Å². The zero-order valence-electron chi connectivity index (χ0n) is 32.1. The molecule has 0 rings (SSSR count). The van der Waals surface area contributed by atoms with E-state index in [1.165, 1.54) is 64.2 Å². The second-order valence-electron chi connectivity index (χ2n) is 14.1. The molecule has 0 radical (unpaired) electrons. The van der Waals surface area contributed by atoms with Gasteiger partial charge in [0.15, 0.2) is 6.10 Å². The maximum absolute atomic E-state index is 12.6. The molecule has 2 unspecified atom stereocenters. The number of hydrogen-bond acceptors (Lipinski definition) is 7. The van der Waals surface area contributed by atoms with Crippen LogP contribution in [0.5, 0.6) is 0 Å². The topological polar surface area (TPSA) is 102 Å². The number of hydrogen-bond donors (Lipinski definition) is 0. The van der Waals surface area contributed by atoms with Gasteiger partial charge in [-0.2, -0.15) is 0 Å². The summed E-state index contributed by atoms with van der Waals surface area (Å²) in [6, 6.07) is -0.728. The van der Waals surface area contributed by atoms with Crippen LogP contribution < -0.4 is 5.11 Å². The number of unbranched alkanes of at least 4 members (excludes halogenated alkanes) is 14. The number of carbonyl (C=O) groups excluding carboxylic acids is 3. The second kappa shape index (κ2) is 32.7. The van der Waals surface area contributed by atoms with Gasteiger partial charge in [0.25, 0.3) is 0 Å². The van der Waals surface area contributed by atoms with Gasteiger partial charge in [0.1, 0.15) is 12.6 Å². The Morgan fingerprint density at radius 1 is 0.633 bits per heavy atom. The lowest BCUT2D eigenvalue weighted by atomic mass is 10.0. The molecule has 0 aromatic heterocycles. The Bertz CT molecular complexity index is 906. The van der Waals surface area contributed by atoms with Gasteiger partial charge in [-0.05, 0) is 44.9 Å². The lowest BCUT2D eigenvalue weighted by molar-refractivity contribution is -0.889. The highest BCUT2D eigenvalue weighted by Gasteiger charge is 2.25. The quantitative estimate of drug-likeness (QED) is 0.0288. The maximum Gasteiger partial charge on any atom is 0.306 e. The van der Waals surface area contributed by atoms with Gasteiger partial charge < -0.3 is 28.6 Å². The Balaban J connectivity index is 4.46. The molecular formula is C41H73NO7. The summed E-state index contributed by atoms with van der Waals surface area (Å²) >= 11 is 0. The van der Waals surface area contributed by atoms with E-state index in [2.05, 4.69) is 50.3 Å². The van der Waals surface area contributed by atoms with E-state index >= 15 is 0 Å². The Morgan fingerprint density at radius 2 is 1.14 bits per heavy atom. The summed E-state index contributed by atoms with van der Waals surface area (Å²) in [6.07, 6.45) is 34.6. The van der Waals surface area contributed by atoms with Crippen LogP contribution in [0.1, 0.15) is 155 Å². The largest absolute Gasteiger partial charge is 0.544 e. The fraction of sp³-hybridized carbons (Fsp3) is 0.780. The number of rotatable bonds is 34. The summed E-state index contributed by atoms with van der Waals surface area (Å²) in [7, 11) is 5.38. The second-order valence-corrected chi connectivity index (χ2v) is 14.1. The smallest absolute Gasteiger partial charge is 0.306 e. The molecule has 0 heterocycles. The first-order chi connectivity index (χ1) is 23.6. The van der Waals surface area contributed by atoms with Crippen molar-refractivity contribution in [1.29, 1.82) is 0 Å². The molecule has 0 spiro atoms. The van der Waals surface area contributed by atoms with Crippen molar-refractivity contribution in [1.82, 2.24) is 0 Å². The lowest BCUT2D eigenvalue weighted by Gasteiger charge is -2.34. The van der Waals surface area contributed by atoms with Crippen molar-refractivity contribution in [2.24, 2.45) is 0 Å². The van der Waals surface area contributed by atoms with Crippen molar-refractivity contribution < 1.29 is 38.2 Å². The highest BCUT2D eigenvalue weighted by molar-refractivity contribution is 5.70. The van der Waals surface area contributed by atoms with E-state index in [0.29, 0.717) is 12.8 Å². The van der Waals surface area contributed by atoms with Gasteiger partial charge in [-0.25, -0.2) is 0 Å². The molecule has 0 aliphatic rings. The van der Waals surface area contributed by atoms with Crippen molar-refractivity contribution in [3.8, 4) is 0 Å². The number of ether oxygens (including phenoxy) is 3. The molecule has 0 bridgehead atoms. The molecule has 0 fully saturated rings. The molecule has 284 valence electrons. The number of nitrogens with zero attached hydrogens (tertiary/aromatic N) is 1. The highest BCUT2D eigenvalue weighted by Crippen LogP contribution is 2.14. The van der Waals surface area contributed by atoms with Crippen LogP contribution in [0.25, 0.3) is 0 Å². The van der Waals surface area contributed by atoms with Crippen LogP contribution in [0.4, 0.5) is 0 Å². The minimum Gasteiger partial charge on any atom is -0.544 e. The van der Waals surface area contributed by atoms with Crippen LogP contribution in [0.2, 0.25) is 0 Å². The van der Waals surface area contributed by atoms with E-state index in [0.717, 1.165) is 57.8 Å². The fourth-order valence-corrected chi connectivity index (χ4v) is 5.50. The maximum atomic E-state index is 12.6. The summed E-state index contributed by atoms with van der Waals surface area (Å²) in [5, 5.41) is 11.6. The first-order valence-electron chi connectivity index (χ1n) is 19.5. The molecule has 0 saturated carbocycles. The van der Waals surface area contributed by atoms with Gasteiger partial charge in [-0.3, -0.25) is 9.59 Å². The third-order valence-electron chi connectivity index (χ3n) is 8.54. The van der Waals surface area contributed by atoms with Crippen LogP contribution >= 0.6 is 0 Å². The predicted octanol–water partition coefficient (Wildman–Crippen LogP) is 8.57. The Labute approximate surface area is 300 Å². The molecule has 2 atom stereocenters. The van der Waals surface area contributed by atoms with Gasteiger partial charge in [-0.15, -0.1) is 0 Å². The van der Waals surface area contributed by atoms with Crippen molar-refractivity contribution in [3.63, 3.8) is 0 Å². The van der Waals surface area contributed by atoms with Crippen molar-refractivity contribution >= 4 is 17.9 Å². The van der Waals surface area contributed by atoms with E-state index < -0.39 is 18.1 Å². The van der Waals surface area contributed by atoms with E-state index in [-0.39, 0.29) is 42.7 Å². The summed E-state index contributed by atoms with van der Waals surface area (Å²) in [4.78, 5) is 36.6. The average molecular weight is 692 g/mol. The Kier molecular flexibility index (Phi) is 31.1. The van der Waals surface area contributed by atoms with E-state index in [9.17, 15) is 19.5 Å². The number of carboxylic acids is 1. The van der Waals surface area contributed by atoms with Crippen LogP contribution in [0.15, 0.2) is 36.5 Å². The molecule has 49 heavy (non-hydrogen) atoms. The number of carboxylic acid groups (broad SMARTS) is 1. The normalized spacial score (nSPS) is 13.4. The number of esters is 2. The summed E-state index contributed by atoms with van der Waals surface area (Å²) in [6.45, 7) is 4.49. The molecule has 0 aliphatic carbocycles. The molecule has 0 saturated heterocycles. The first kappa shape index (κ1) is 46.5. The van der Waals surface area contributed by atoms with E-state index in [1.54, 1.807) is 21.1 Å². The molecule has 0 aromatic rings. The predicted molar refractivity (Wildman–Crippen MR) is 199 cm³/mol. The summed E-state index contributed by atoms with van der Waals surface area (Å²) < 4.78 is 17.0. The van der Waals surface area contributed by atoms with Crippen molar-refractivity contribution in [3.05, 3.63) is 36.5 Å². The first-order valence-corrected chi connectivity index (χ1v) is 19.5. The van der Waals surface area contributed by atoms with Crippen LogP contribution in [0.3, 0.4) is 0 Å². The van der Waals surface area contributed by atoms with E-state index in [1.807, 2.05) is 0 Å². The van der Waals surface area contributed by atoms with Crippen LogP contribution in [-0.2, 0) is 28.6 Å². The standard InChI is InChI=1S/C41H73NO7/c1-6-8-10-12-14-16-18-20-22-24-26-28-30-32-40(44)49-37(35-47-34-33-38(41(45)46)42(3,4)5)36-48-39(43)31-29-27-25-23-21-19-17-15-13-11-9-7-2/h9,11,15,17,21,23,37-38H,6-8,10,12-14,16,18-20,22,24-36H2,1-5H3/b11-9+,17-15+,23-21+. The number of quaternary nitrogens is 1. The van der Waals surface area contributed by atoms with Crippen molar-refractivity contribution in [2.45, 2.75) is 167 Å². The Morgan fingerprint density at radius 3 is 1.69 bits per heavy atom. The van der Waals surface area contributed by atoms with Gasteiger partial charge in [0.05, 0.1) is 40.3 Å². The zero-order chi connectivity index (χ0) is 36.4. The number of likely N-dealkylation sites (N-methyl/N-ethyl adjacent to an activating group) is 1. The van der Waals surface area contributed by atoms with E-state index in [4.69, 9.17) is 14.2 Å². The van der Waals surface area contributed by atoms with Crippen molar-refractivity contribution in [2.75, 3.05) is 41.0 Å². The van der Waals surface area contributed by atoms with Crippen LogP contribution in [-0.4, -0.2) is 75.5 Å². The monoisotopic (exact) mass is 692 g/mol. The lowest BCUT2D eigenvalue weighted by Crippen LogP contribution is -2.55. The molecular weight excluding hydrogens is 618 g/mol. The third-order valence-corrected chi connectivity index (χ3v) is 8.54. The molecule has 8 nitrogen and oxygen atoms in total. The summed E-state index contributed by atoms with van der Waals surface area (Å²) in [5.74, 6) is -1.79. The summed E-state index contributed by atoms with van der Waals surface area (Å²) in [5.41, 5.74) is 0. The number of aliphatic carboxylic acids is 1. The molecule has 0 aliphatic heterocycles. The minimum absolute atomic E-state index is 0.0304. The molecule has 0 aromatic carbocycles. The molecule has 0 N–H and O–H groups in total. The average Bonchev–Trinajstić information content (AvgIpc) is 3.05. The van der Waals surface area contributed by atoms with Gasteiger partial charge in [0.2, 0.25) is 0 Å². The molecule has 0 amide bonds. The van der Waals surface area contributed by atoms with Crippen LogP contribution in [0, 0.1) is 0 Å².